The fourth-order valence-corrected chi connectivity index (χ4v) is 0.419. The molecule has 0 aliphatic rings. The van der Waals surface area contributed by atoms with Crippen LogP contribution in [-0.2, 0) is 0 Å². The van der Waals surface area contributed by atoms with E-state index in [-0.39, 0.29) is 0 Å². The molecule has 0 rings (SSSR count). The molecule has 0 unspecified atom stereocenters. The highest BCUT2D eigenvalue weighted by atomic mass is 35.5. The molecule has 0 spiro atoms. The molecule has 0 aromatic carbocycles. The standard InChI is InChI=1S/C4H10ClNO3/c5-6-4(1-7,2-8)3-9/h6-9H,1-3H2. The quantitative estimate of drug-likeness (QED) is 0.371. The van der Waals surface area contributed by atoms with Gasteiger partial charge in [-0.05, 0) is 11.8 Å². The topological polar surface area (TPSA) is 72.7 Å². The van der Waals surface area contributed by atoms with Crippen molar-refractivity contribution in [1.82, 2.24) is 4.84 Å². The first-order valence-electron chi connectivity index (χ1n) is 2.45. The summed E-state index contributed by atoms with van der Waals surface area (Å²) in [6, 6.07) is 0. The smallest absolute Gasteiger partial charge is 0.102 e. The summed E-state index contributed by atoms with van der Waals surface area (Å²) in [6.45, 7) is -1.20. The van der Waals surface area contributed by atoms with E-state index in [1.54, 1.807) is 0 Å². The number of hydrogen-bond acceptors (Lipinski definition) is 4. The molecule has 5 heteroatoms. The third-order valence-corrected chi connectivity index (χ3v) is 1.51. The van der Waals surface area contributed by atoms with Gasteiger partial charge in [-0.15, -0.1) is 0 Å². The highest BCUT2D eigenvalue weighted by Crippen LogP contribution is 2.01. The first-order chi connectivity index (χ1) is 4.24. The van der Waals surface area contributed by atoms with E-state index in [0.29, 0.717) is 0 Å². The van der Waals surface area contributed by atoms with Crippen molar-refractivity contribution < 1.29 is 15.3 Å². The summed E-state index contributed by atoms with van der Waals surface area (Å²) in [6.07, 6.45) is 0. The summed E-state index contributed by atoms with van der Waals surface area (Å²) in [4.78, 5) is 2.09. The first-order valence-corrected chi connectivity index (χ1v) is 2.83. The zero-order valence-corrected chi connectivity index (χ0v) is 5.60. The van der Waals surface area contributed by atoms with Crippen LogP contribution in [0.2, 0.25) is 0 Å². The molecular weight excluding hydrogens is 146 g/mol. The molecule has 9 heavy (non-hydrogen) atoms. The second-order valence-electron chi connectivity index (χ2n) is 1.85. The van der Waals surface area contributed by atoms with E-state index >= 15 is 0 Å². The molecule has 0 heterocycles. The number of aliphatic hydroxyl groups is 3. The SMILES string of the molecule is OCC(CO)(CO)NCl. The van der Waals surface area contributed by atoms with Crippen LogP contribution in [0.15, 0.2) is 0 Å². The molecular formula is C4H10ClNO3. The third kappa shape index (κ3) is 2.08. The van der Waals surface area contributed by atoms with Crippen molar-refractivity contribution in [3.63, 3.8) is 0 Å². The summed E-state index contributed by atoms with van der Waals surface area (Å²) >= 11 is 5.09. The van der Waals surface area contributed by atoms with Gasteiger partial charge in [0.05, 0.1) is 19.8 Å². The zero-order chi connectivity index (χ0) is 7.33. The van der Waals surface area contributed by atoms with Gasteiger partial charge in [-0.25, -0.2) is 4.84 Å². The van der Waals surface area contributed by atoms with Crippen molar-refractivity contribution in [3.8, 4) is 0 Å². The van der Waals surface area contributed by atoms with Gasteiger partial charge in [0.15, 0.2) is 0 Å². The second kappa shape index (κ2) is 4.03. The fourth-order valence-electron chi connectivity index (χ4n) is 0.240. The van der Waals surface area contributed by atoms with Crippen molar-refractivity contribution >= 4 is 11.8 Å². The molecule has 0 amide bonds. The maximum atomic E-state index is 8.51. The van der Waals surface area contributed by atoms with Crippen LogP contribution in [0, 0.1) is 0 Å². The van der Waals surface area contributed by atoms with Gasteiger partial charge in [0.1, 0.15) is 5.54 Å². The largest absolute Gasteiger partial charge is 0.394 e. The molecule has 0 aliphatic heterocycles. The Hall–Kier alpha value is 0.130. The van der Waals surface area contributed by atoms with Gasteiger partial charge in [-0.3, -0.25) is 0 Å². The van der Waals surface area contributed by atoms with Gasteiger partial charge >= 0.3 is 0 Å². The highest BCUT2D eigenvalue weighted by Gasteiger charge is 2.26. The van der Waals surface area contributed by atoms with Crippen molar-refractivity contribution in [2.45, 2.75) is 5.54 Å². The summed E-state index contributed by atoms with van der Waals surface area (Å²) in [5.74, 6) is 0. The van der Waals surface area contributed by atoms with E-state index in [9.17, 15) is 0 Å². The maximum Gasteiger partial charge on any atom is 0.102 e. The van der Waals surface area contributed by atoms with Crippen LogP contribution in [0.3, 0.4) is 0 Å². The van der Waals surface area contributed by atoms with Crippen molar-refractivity contribution in [2.75, 3.05) is 19.8 Å². The van der Waals surface area contributed by atoms with Crippen LogP contribution in [0.1, 0.15) is 0 Å². The maximum absolute atomic E-state index is 8.51. The number of hydrogen-bond donors (Lipinski definition) is 4. The van der Waals surface area contributed by atoms with E-state index in [4.69, 9.17) is 27.1 Å². The molecule has 56 valence electrons. The molecule has 4 N–H and O–H groups in total. The van der Waals surface area contributed by atoms with E-state index in [0.717, 1.165) is 0 Å². The van der Waals surface area contributed by atoms with Gasteiger partial charge in [0, 0.05) is 0 Å². The zero-order valence-electron chi connectivity index (χ0n) is 4.84. The third-order valence-electron chi connectivity index (χ3n) is 1.11. The highest BCUT2D eigenvalue weighted by molar-refractivity contribution is 6.13. The van der Waals surface area contributed by atoms with Crippen molar-refractivity contribution in [2.24, 2.45) is 0 Å². The summed E-state index contributed by atoms with van der Waals surface area (Å²) in [5, 5.41) is 25.5. The number of halogens is 1. The minimum absolute atomic E-state index is 0.399. The van der Waals surface area contributed by atoms with Gasteiger partial charge in [-0.1, -0.05) is 0 Å². The predicted octanol–water partition coefficient (Wildman–Crippen LogP) is -1.55. The van der Waals surface area contributed by atoms with Gasteiger partial charge in [0.2, 0.25) is 0 Å². The van der Waals surface area contributed by atoms with Crippen LogP contribution >= 0.6 is 11.8 Å². The Bertz CT molecular complexity index is 58.7. The number of rotatable bonds is 4. The molecule has 0 saturated carbocycles. The van der Waals surface area contributed by atoms with Crippen LogP contribution in [0.4, 0.5) is 0 Å². The average Bonchev–Trinajstić information content (AvgIpc) is 1.95. The van der Waals surface area contributed by atoms with Gasteiger partial charge in [-0.2, -0.15) is 0 Å². The van der Waals surface area contributed by atoms with Crippen LogP contribution < -0.4 is 4.84 Å². The van der Waals surface area contributed by atoms with Crippen molar-refractivity contribution in [3.05, 3.63) is 0 Å². The van der Waals surface area contributed by atoms with Crippen LogP contribution in [0.25, 0.3) is 0 Å². The molecule has 0 saturated heterocycles. The van der Waals surface area contributed by atoms with E-state index in [1.807, 2.05) is 0 Å². The lowest BCUT2D eigenvalue weighted by molar-refractivity contribution is 0.0588. The molecule has 0 atom stereocenters. The van der Waals surface area contributed by atoms with Gasteiger partial charge in [0.25, 0.3) is 0 Å². The molecule has 0 aliphatic carbocycles. The van der Waals surface area contributed by atoms with Gasteiger partial charge < -0.3 is 15.3 Å². The lowest BCUT2D eigenvalue weighted by Gasteiger charge is -2.24. The Morgan fingerprint density at radius 1 is 1.11 bits per heavy atom. The Morgan fingerprint density at radius 2 is 1.44 bits per heavy atom. The van der Waals surface area contributed by atoms with E-state index in [1.165, 1.54) is 0 Å². The lowest BCUT2D eigenvalue weighted by Crippen LogP contribution is -2.50. The molecule has 4 nitrogen and oxygen atoms in total. The first kappa shape index (κ1) is 9.13. The second-order valence-corrected chi connectivity index (χ2v) is 2.04. The molecule has 0 bridgehead atoms. The molecule has 0 radical (unpaired) electrons. The predicted molar refractivity (Wildman–Crippen MR) is 33.0 cm³/mol. The minimum atomic E-state index is -1.15. The average molecular weight is 156 g/mol. The Kier molecular flexibility index (Phi) is 4.09. The fraction of sp³-hybridized carbons (Fsp3) is 1.00. The van der Waals surface area contributed by atoms with E-state index < -0.39 is 25.4 Å². The lowest BCUT2D eigenvalue weighted by atomic mass is 10.1. The Balaban J connectivity index is 3.82. The van der Waals surface area contributed by atoms with Crippen LogP contribution in [-0.4, -0.2) is 40.7 Å². The summed E-state index contributed by atoms with van der Waals surface area (Å²) in [7, 11) is 0. The van der Waals surface area contributed by atoms with Crippen LogP contribution in [0.5, 0.6) is 0 Å². The Morgan fingerprint density at radius 3 is 1.44 bits per heavy atom. The minimum Gasteiger partial charge on any atom is -0.394 e. The summed E-state index contributed by atoms with van der Waals surface area (Å²) < 4.78 is 0. The molecule has 0 aromatic heterocycles. The number of aliphatic hydroxyl groups excluding tert-OH is 3. The molecule has 0 aromatic rings. The van der Waals surface area contributed by atoms with Crippen molar-refractivity contribution in [1.29, 1.82) is 0 Å². The molecule has 0 fully saturated rings. The van der Waals surface area contributed by atoms with E-state index in [2.05, 4.69) is 4.84 Å². The number of nitrogens with one attached hydrogen (secondary N) is 1. The summed E-state index contributed by atoms with van der Waals surface area (Å²) in [5.41, 5.74) is -1.15. The normalized spacial score (nSPS) is 12.0. The Labute approximate surface area is 58.2 Å². The monoisotopic (exact) mass is 155 g/mol.